The molecule has 42 heavy (non-hydrogen) atoms. The summed E-state index contributed by atoms with van der Waals surface area (Å²) in [6, 6.07) is 11.4. The largest absolute Gasteiger partial charge is 0.478 e. The summed E-state index contributed by atoms with van der Waals surface area (Å²) in [6.45, 7) is 2.96. The van der Waals surface area contributed by atoms with Crippen LogP contribution in [0.25, 0.3) is 16.6 Å². The third-order valence-electron chi connectivity index (χ3n) is 7.80. The van der Waals surface area contributed by atoms with Gasteiger partial charge in [-0.2, -0.15) is 0 Å². The Labute approximate surface area is 245 Å². The van der Waals surface area contributed by atoms with Gasteiger partial charge in [0.2, 0.25) is 0 Å². The standard InChI is InChI=1S/C31H28ClF3N4O3/c32-21-3-1-20(24(33)12-21)15-36-28-13-23(25(34)14-26(28)35)18-5-8-38(9-6-18)17-30-37-27-4-2-19(31(40)41)11-29(27)39(30)16-22-7-10-42-22/h1-5,11-14,22,36H,6-10,15-17H2,(H,40,41)/t22-/m0/s1. The molecule has 0 radical (unpaired) electrons. The van der Waals surface area contributed by atoms with Crippen molar-refractivity contribution in [2.75, 3.05) is 25.0 Å². The number of carboxylic acid groups (broad SMARTS) is 1. The zero-order valence-corrected chi connectivity index (χ0v) is 23.3. The first-order chi connectivity index (χ1) is 20.2. The molecule has 1 fully saturated rings. The zero-order valence-electron chi connectivity index (χ0n) is 22.5. The number of nitrogens with one attached hydrogen (secondary N) is 1. The summed E-state index contributed by atoms with van der Waals surface area (Å²) >= 11 is 5.81. The smallest absolute Gasteiger partial charge is 0.335 e. The predicted molar refractivity (Wildman–Crippen MR) is 154 cm³/mol. The fourth-order valence-corrected chi connectivity index (χ4v) is 5.51. The first kappa shape index (κ1) is 28.3. The Hall–Kier alpha value is -3.86. The number of nitrogens with zero attached hydrogens (tertiary/aromatic N) is 3. The maximum Gasteiger partial charge on any atom is 0.335 e. The second-order valence-electron chi connectivity index (χ2n) is 10.5. The van der Waals surface area contributed by atoms with Crippen LogP contribution in [-0.4, -0.2) is 51.3 Å². The van der Waals surface area contributed by atoms with Gasteiger partial charge in [0.15, 0.2) is 0 Å². The van der Waals surface area contributed by atoms with Gasteiger partial charge in [-0.15, -0.1) is 0 Å². The molecule has 0 unspecified atom stereocenters. The number of fused-ring (bicyclic) bond motifs is 1. The van der Waals surface area contributed by atoms with Crippen molar-refractivity contribution in [3.63, 3.8) is 0 Å². The van der Waals surface area contributed by atoms with Crippen molar-refractivity contribution in [3.05, 3.63) is 99.6 Å². The van der Waals surface area contributed by atoms with E-state index in [0.717, 1.165) is 34.9 Å². The molecule has 7 nitrogen and oxygen atoms in total. The van der Waals surface area contributed by atoms with Crippen LogP contribution >= 0.6 is 11.6 Å². The molecule has 3 aromatic carbocycles. The minimum absolute atomic E-state index is 0.0126. The Morgan fingerprint density at radius 2 is 1.93 bits per heavy atom. The highest BCUT2D eigenvalue weighted by Gasteiger charge is 2.24. The number of ether oxygens (including phenoxy) is 1. The van der Waals surface area contributed by atoms with Crippen molar-refractivity contribution in [3.8, 4) is 0 Å². The van der Waals surface area contributed by atoms with Gasteiger partial charge in [0.25, 0.3) is 0 Å². The van der Waals surface area contributed by atoms with Gasteiger partial charge in [0, 0.05) is 48.5 Å². The van der Waals surface area contributed by atoms with Gasteiger partial charge < -0.3 is 19.7 Å². The number of aromatic nitrogens is 2. The second kappa shape index (κ2) is 11.8. The lowest BCUT2D eigenvalue weighted by atomic mass is 9.98. The molecule has 0 bridgehead atoms. The van der Waals surface area contributed by atoms with Crippen LogP contribution in [0.5, 0.6) is 0 Å². The van der Waals surface area contributed by atoms with Crippen LogP contribution in [0.1, 0.15) is 40.2 Å². The molecule has 218 valence electrons. The molecule has 0 spiro atoms. The molecule has 6 rings (SSSR count). The molecule has 1 aromatic heterocycles. The maximum absolute atomic E-state index is 14.9. The third-order valence-corrected chi connectivity index (χ3v) is 8.03. The van der Waals surface area contributed by atoms with E-state index in [1.165, 1.54) is 18.2 Å². The van der Waals surface area contributed by atoms with Crippen molar-refractivity contribution in [1.29, 1.82) is 0 Å². The first-order valence-corrected chi connectivity index (χ1v) is 14.1. The number of imidazole rings is 1. The number of aromatic carboxylic acids is 1. The Bertz CT molecular complexity index is 1700. The van der Waals surface area contributed by atoms with Crippen LogP contribution in [0.2, 0.25) is 5.02 Å². The number of carbonyl (C=O) groups is 1. The summed E-state index contributed by atoms with van der Waals surface area (Å²) in [5, 5.41) is 12.6. The van der Waals surface area contributed by atoms with Gasteiger partial charge in [-0.25, -0.2) is 22.9 Å². The SMILES string of the molecule is O=C(O)c1ccc2nc(CN3CC=C(c4cc(NCc5ccc(Cl)cc5F)c(F)cc4F)CC3)n(C[C@@H]3CCO3)c2c1. The van der Waals surface area contributed by atoms with E-state index < -0.39 is 23.4 Å². The highest BCUT2D eigenvalue weighted by Crippen LogP contribution is 2.31. The van der Waals surface area contributed by atoms with E-state index in [9.17, 15) is 23.1 Å². The van der Waals surface area contributed by atoms with E-state index in [0.29, 0.717) is 50.3 Å². The molecular weight excluding hydrogens is 569 g/mol. The number of halogens is 4. The van der Waals surface area contributed by atoms with Crippen molar-refractivity contribution in [1.82, 2.24) is 14.5 Å². The fourth-order valence-electron chi connectivity index (χ4n) is 5.35. The van der Waals surface area contributed by atoms with E-state index in [2.05, 4.69) is 10.2 Å². The van der Waals surface area contributed by atoms with Gasteiger partial charge >= 0.3 is 5.97 Å². The summed E-state index contributed by atoms with van der Waals surface area (Å²) in [5.74, 6) is -2.13. The molecule has 11 heteroatoms. The van der Waals surface area contributed by atoms with Crippen LogP contribution in [0.4, 0.5) is 18.9 Å². The molecule has 3 heterocycles. The van der Waals surface area contributed by atoms with Gasteiger partial charge in [-0.05, 0) is 54.8 Å². The van der Waals surface area contributed by atoms with Gasteiger partial charge in [0.1, 0.15) is 23.3 Å². The summed E-state index contributed by atoms with van der Waals surface area (Å²) in [5.41, 5.74) is 3.11. The van der Waals surface area contributed by atoms with Gasteiger partial charge in [0.05, 0.1) is 41.5 Å². The molecule has 2 aliphatic heterocycles. The number of hydrogen-bond donors (Lipinski definition) is 2. The Morgan fingerprint density at radius 1 is 1.10 bits per heavy atom. The zero-order chi connectivity index (χ0) is 29.4. The highest BCUT2D eigenvalue weighted by molar-refractivity contribution is 6.30. The van der Waals surface area contributed by atoms with E-state index in [-0.39, 0.29) is 28.9 Å². The summed E-state index contributed by atoms with van der Waals surface area (Å²) < 4.78 is 51.3. The van der Waals surface area contributed by atoms with Crippen LogP contribution in [0, 0.1) is 17.5 Å². The lowest BCUT2D eigenvalue weighted by molar-refractivity contribution is -0.0591. The number of anilines is 1. The van der Waals surface area contributed by atoms with E-state index in [1.807, 2.05) is 10.6 Å². The van der Waals surface area contributed by atoms with Crippen LogP contribution in [0.15, 0.2) is 54.6 Å². The maximum atomic E-state index is 14.9. The average molecular weight is 597 g/mol. The Balaban J connectivity index is 1.19. The Morgan fingerprint density at radius 3 is 2.62 bits per heavy atom. The van der Waals surface area contributed by atoms with Crippen molar-refractivity contribution in [2.24, 2.45) is 0 Å². The molecule has 2 aliphatic rings. The molecule has 0 aliphatic carbocycles. The quantitative estimate of drug-likeness (QED) is 0.230. The monoisotopic (exact) mass is 596 g/mol. The molecule has 0 amide bonds. The van der Waals surface area contributed by atoms with E-state index in [1.54, 1.807) is 24.3 Å². The minimum atomic E-state index is -0.997. The molecule has 0 saturated carbocycles. The average Bonchev–Trinajstić information content (AvgIpc) is 3.27. The van der Waals surface area contributed by atoms with Crippen LogP contribution < -0.4 is 5.32 Å². The summed E-state index contributed by atoms with van der Waals surface area (Å²) in [6.07, 6.45) is 3.45. The topological polar surface area (TPSA) is 79.6 Å². The molecular formula is C31H28ClF3N4O3. The van der Waals surface area contributed by atoms with E-state index >= 15 is 0 Å². The molecule has 2 N–H and O–H groups in total. The number of rotatable bonds is 9. The first-order valence-electron chi connectivity index (χ1n) is 13.7. The second-order valence-corrected chi connectivity index (χ2v) is 11.0. The fraction of sp³-hybridized carbons (Fsp3) is 0.290. The number of benzene rings is 3. The van der Waals surface area contributed by atoms with Crippen LogP contribution in [-0.2, 0) is 24.4 Å². The number of hydrogen-bond acceptors (Lipinski definition) is 5. The Kier molecular flexibility index (Phi) is 7.94. The van der Waals surface area contributed by atoms with Gasteiger partial charge in [-0.1, -0.05) is 23.7 Å². The van der Waals surface area contributed by atoms with Crippen molar-refractivity contribution in [2.45, 2.75) is 38.6 Å². The van der Waals surface area contributed by atoms with Gasteiger partial charge in [-0.3, -0.25) is 4.90 Å². The lowest BCUT2D eigenvalue weighted by Crippen LogP contribution is -2.33. The number of carboxylic acids is 1. The summed E-state index contributed by atoms with van der Waals surface area (Å²) in [7, 11) is 0. The summed E-state index contributed by atoms with van der Waals surface area (Å²) in [4.78, 5) is 18.5. The molecule has 1 saturated heterocycles. The lowest BCUT2D eigenvalue weighted by Gasteiger charge is -2.29. The third kappa shape index (κ3) is 5.88. The van der Waals surface area contributed by atoms with Crippen LogP contribution in [0.3, 0.4) is 0 Å². The molecule has 4 aromatic rings. The van der Waals surface area contributed by atoms with Crippen molar-refractivity contribution >= 4 is 39.9 Å². The normalized spacial score (nSPS) is 17.2. The highest BCUT2D eigenvalue weighted by atomic mass is 35.5. The van der Waals surface area contributed by atoms with Crippen molar-refractivity contribution < 1.29 is 27.8 Å². The minimum Gasteiger partial charge on any atom is -0.478 e. The predicted octanol–water partition coefficient (Wildman–Crippen LogP) is 6.50. The van der Waals surface area contributed by atoms with E-state index in [4.69, 9.17) is 21.3 Å². The molecule has 1 atom stereocenters.